The fourth-order valence-corrected chi connectivity index (χ4v) is 10.1. The van der Waals surface area contributed by atoms with E-state index in [1.165, 1.54) is 70.5 Å². The lowest BCUT2D eigenvalue weighted by Crippen LogP contribution is -2.62. The van der Waals surface area contributed by atoms with Crippen LogP contribution in [0.4, 0.5) is 17.1 Å². The average molecular weight is 592 g/mol. The van der Waals surface area contributed by atoms with Crippen LogP contribution in [0, 0.1) is 19.3 Å². The number of fused-ring (bicyclic) bond motifs is 7. The summed E-state index contributed by atoms with van der Waals surface area (Å²) in [5, 5.41) is 0. The molecule has 8 rings (SSSR count). The minimum Gasteiger partial charge on any atom is -0.311 e. The molecule has 2 aliphatic heterocycles. The van der Waals surface area contributed by atoms with E-state index >= 15 is 0 Å². The van der Waals surface area contributed by atoms with E-state index < -0.39 is 0 Å². The highest BCUT2D eigenvalue weighted by atomic mass is 15.2. The molecule has 0 radical (unpaired) electrons. The Hall–Kier alpha value is -3.26. The van der Waals surface area contributed by atoms with Crippen molar-refractivity contribution in [3.05, 3.63) is 106 Å². The second kappa shape index (κ2) is 9.18. The van der Waals surface area contributed by atoms with Crippen molar-refractivity contribution in [3.8, 4) is 0 Å². The summed E-state index contributed by atoms with van der Waals surface area (Å²) in [6.07, 6.45) is 5.28. The van der Waals surface area contributed by atoms with Crippen molar-refractivity contribution in [3.63, 3.8) is 0 Å². The van der Waals surface area contributed by atoms with Gasteiger partial charge in [-0.25, -0.2) is 0 Å². The predicted molar refractivity (Wildman–Crippen MR) is 195 cm³/mol. The smallest absolute Gasteiger partial charge is 0.247 e. The van der Waals surface area contributed by atoms with Gasteiger partial charge in [0.15, 0.2) is 0 Å². The van der Waals surface area contributed by atoms with Crippen molar-refractivity contribution in [2.45, 2.75) is 117 Å². The van der Waals surface area contributed by atoms with Gasteiger partial charge < -0.3 is 4.90 Å². The molecular weight excluding hydrogens is 541 g/mol. The number of hydrogen-bond acceptors (Lipinski definition) is 1. The van der Waals surface area contributed by atoms with E-state index in [1.807, 2.05) is 0 Å². The van der Waals surface area contributed by atoms with Crippen LogP contribution in [-0.4, -0.2) is 6.71 Å². The predicted octanol–water partition coefficient (Wildman–Crippen LogP) is 9.49. The molecule has 0 amide bonds. The lowest BCUT2D eigenvalue weighted by Gasteiger charge is -2.51. The first-order chi connectivity index (χ1) is 21.1. The van der Waals surface area contributed by atoms with Crippen molar-refractivity contribution in [1.29, 1.82) is 0 Å². The average Bonchev–Trinajstić information content (AvgIpc) is 3.17. The van der Waals surface area contributed by atoms with Gasteiger partial charge in [-0.1, -0.05) is 122 Å². The number of rotatable bonds is 1. The maximum Gasteiger partial charge on any atom is 0.247 e. The zero-order chi connectivity index (χ0) is 31.8. The summed E-state index contributed by atoms with van der Waals surface area (Å²) >= 11 is 0. The van der Waals surface area contributed by atoms with Gasteiger partial charge in [-0.3, -0.25) is 0 Å². The second-order valence-corrected chi connectivity index (χ2v) is 17.6. The molecule has 4 aliphatic rings. The summed E-state index contributed by atoms with van der Waals surface area (Å²) in [7, 11) is 0. The van der Waals surface area contributed by atoms with Crippen LogP contribution in [0.3, 0.4) is 0 Å². The Kier molecular flexibility index (Phi) is 5.95. The molecule has 45 heavy (non-hydrogen) atoms. The van der Waals surface area contributed by atoms with Crippen molar-refractivity contribution < 1.29 is 0 Å². The molecule has 2 heterocycles. The third-order valence-corrected chi connectivity index (χ3v) is 12.7. The molecule has 4 aromatic carbocycles. The van der Waals surface area contributed by atoms with Gasteiger partial charge in [-0.15, -0.1) is 0 Å². The van der Waals surface area contributed by atoms with E-state index in [9.17, 15) is 0 Å². The van der Waals surface area contributed by atoms with Crippen LogP contribution < -0.4 is 21.3 Å². The second-order valence-electron chi connectivity index (χ2n) is 17.6. The summed E-state index contributed by atoms with van der Waals surface area (Å²) in [6, 6.07) is 27.1. The van der Waals surface area contributed by atoms with Crippen LogP contribution in [0.25, 0.3) is 0 Å². The fourth-order valence-electron chi connectivity index (χ4n) is 10.1. The normalized spacial score (nSPS) is 24.6. The van der Waals surface area contributed by atoms with E-state index in [0.29, 0.717) is 5.92 Å². The molecular formula is C43H50BN. The first-order valence-electron chi connectivity index (χ1n) is 17.5. The first kappa shape index (κ1) is 29.2. The van der Waals surface area contributed by atoms with Crippen molar-refractivity contribution in [2.75, 3.05) is 4.90 Å². The van der Waals surface area contributed by atoms with Gasteiger partial charge in [-0.2, -0.15) is 0 Å². The standard InChI is InChI=1S/C43H50BN/c1-26-20-31-38-37-32(42(9)18-11-12-19-43(38,42)10)21-27(2)22-34(37)44-33-17-16-29(41(6,7)8)25-35(33)45(36(23-26)39(31)44)30-15-13-14-28(24-30)40(3,4)5/h13-17,20-25,38H,11-12,18-19H2,1-10H3. The first-order valence-corrected chi connectivity index (χ1v) is 17.5. The zero-order valence-electron chi connectivity index (χ0n) is 29.3. The van der Waals surface area contributed by atoms with E-state index in [-0.39, 0.29) is 28.4 Å². The monoisotopic (exact) mass is 591 g/mol. The SMILES string of the molecule is Cc1cc2c3c(c1)N(c1cccc(C(C)(C)C)c1)c1cc(C(C)(C)C)ccc1B3c1cc(C)cc3c1C2C1(C)CCCCC31C. The van der Waals surface area contributed by atoms with Crippen LogP contribution >= 0.6 is 0 Å². The Labute approximate surface area is 272 Å². The number of benzene rings is 4. The highest BCUT2D eigenvalue weighted by Crippen LogP contribution is 2.67. The number of hydrogen-bond donors (Lipinski definition) is 0. The zero-order valence-corrected chi connectivity index (χ0v) is 29.3. The van der Waals surface area contributed by atoms with Gasteiger partial charge in [0.1, 0.15) is 0 Å². The number of nitrogens with zero attached hydrogens (tertiary/aromatic N) is 1. The number of aryl methyl sites for hydroxylation is 2. The molecule has 2 heteroatoms. The van der Waals surface area contributed by atoms with E-state index in [1.54, 1.807) is 27.6 Å². The third-order valence-electron chi connectivity index (χ3n) is 12.7. The molecule has 4 aromatic rings. The molecule has 0 aromatic heterocycles. The van der Waals surface area contributed by atoms with Crippen LogP contribution in [0.1, 0.15) is 126 Å². The molecule has 2 aliphatic carbocycles. The Morgan fingerprint density at radius 3 is 2.13 bits per heavy atom. The summed E-state index contributed by atoms with van der Waals surface area (Å²) in [5.41, 5.74) is 19.7. The third kappa shape index (κ3) is 3.87. The van der Waals surface area contributed by atoms with Gasteiger partial charge in [-0.05, 0) is 117 Å². The molecule has 0 bridgehead atoms. The summed E-state index contributed by atoms with van der Waals surface area (Å²) in [5.74, 6) is 0.441. The van der Waals surface area contributed by atoms with Gasteiger partial charge in [0, 0.05) is 23.0 Å². The Morgan fingerprint density at radius 2 is 1.40 bits per heavy atom. The van der Waals surface area contributed by atoms with Crippen LogP contribution in [-0.2, 0) is 16.2 Å². The van der Waals surface area contributed by atoms with Crippen LogP contribution in [0.2, 0.25) is 0 Å². The maximum absolute atomic E-state index is 2.65. The summed E-state index contributed by atoms with van der Waals surface area (Å²) in [6.45, 7) is 24.2. The van der Waals surface area contributed by atoms with Gasteiger partial charge in [0.2, 0.25) is 6.71 Å². The molecule has 0 N–H and O–H groups in total. The quantitative estimate of drug-likeness (QED) is 0.176. The summed E-state index contributed by atoms with van der Waals surface area (Å²) < 4.78 is 0. The molecule has 0 spiro atoms. The molecule has 3 unspecified atom stereocenters. The fraction of sp³-hybridized carbons (Fsp3) is 0.442. The van der Waals surface area contributed by atoms with Gasteiger partial charge >= 0.3 is 0 Å². The Morgan fingerprint density at radius 1 is 0.711 bits per heavy atom. The number of anilines is 3. The van der Waals surface area contributed by atoms with E-state index in [2.05, 4.69) is 141 Å². The van der Waals surface area contributed by atoms with Gasteiger partial charge in [0.25, 0.3) is 0 Å². The van der Waals surface area contributed by atoms with Crippen molar-refractivity contribution in [2.24, 2.45) is 5.41 Å². The molecule has 0 saturated heterocycles. The lowest BCUT2D eigenvalue weighted by atomic mass is 9.30. The lowest BCUT2D eigenvalue weighted by molar-refractivity contribution is 0.0926. The maximum atomic E-state index is 2.65. The van der Waals surface area contributed by atoms with Crippen LogP contribution in [0.15, 0.2) is 66.7 Å². The Bertz CT molecular complexity index is 1900. The van der Waals surface area contributed by atoms with Crippen molar-refractivity contribution >= 4 is 40.2 Å². The topological polar surface area (TPSA) is 3.24 Å². The molecule has 1 nitrogen and oxygen atoms in total. The molecule has 1 fully saturated rings. The van der Waals surface area contributed by atoms with Crippen LogP contribution in [0.5, 0.6) is 0 Å². The molecule has 1 saturated carbocycles. The van der Waals surface area contributed by atoms with Gasteiger partial charge in [0.05, 0.1) is 0 Å². The van der Waals surface area contributed by atoms with E-state index in [0.717, 1.165) is 0 Å². The Balaban J connectivity index is 1.49. The minimum atomic E-state index is 0.0626. The van der Waals surface area contributed by atoms with E-state index in [4.69, 9.17) is 0 Å². The minimum absolute atomic E-state index is 0.0626. The highest BCUT2D eigenvalue weighted by molar-refractivity contribution is 6.99. The molecule has 3 atom stereocenters. The highest BCUT2D eigenvalue weighted by Gasteiger charge is 2.62. The van der Waals surface area contributed by atoms with Crippen molar-refractivity contribution in [1.82, 2.24) is 0 Å². The summed E-state index contributed by atoms with van der Waals surface area (Å²) in [4.78, 5) is 2.64. The largest absolute Gasteiger partial charge is 0.311 e. The molecule has 230 valence electrons.